The van der Waals surface area contributed by atoms with Crippen molar-refractivity contribution >= 4 is 17.4 Å². The van der Waals surface area contributed by atoms with Crippen LogP contribution in [0.25, 0.3) is 16.9 Å². The number of aromatic nitrogens is 4. The molecule has 1 aliphatic rings. The van der Waals surface area contributed by atoms with Gasteiger partial charge in [-0.2, -0.15) is 0 Å². The predicted molar refractivity (Wildman–Crippen MR) is 143 cm³/mol. The quantitative estimate of drug-likeness (QED) is 0.435. The van der Waals surface area contributed by atoms with Gasteiger partial charge in [0.15, 0.2) is 0 Å². The van der Waals surface area contributed by atoms with E-state index in [-0.39, 0.29) is 17.4 Å². The number of ether oxygens (including phenoxy) is 1. The van der Waals surface area contributed by atoms with Crippen LogP contribution in [0.2, 0.25) is 0 Å². The SMILES string of the molecule is COc1ccc(-c2cc(N3CCCC(C(=O)Nc4c(C)n(C)n(-c5ccccc5)c4=O)C3)ncn2)cc1. The molecule has 1 fully saturated rings. The van der Waals surface area contributed by atoms with Gasteiger partial charge >= 0.3 is 0 Å². The molecule has 1 unspecified atom stereocenters. The molecule has 9 nitrogen and oxygen atoms in total. The monoisotopic (exact) mass is 498 g/mol. The van der Waals surface area contributed by atoms with Crippen LogP contribution >= 0.6 is 0 Å². The summed E-state index contributed by atoms with van der Waals surface area (Å²) in [5.41, 5.74) is 3.30. The van der Waals surface area contributed by atoms with Crippen LogP contribution in [-0.2, 0) is 11.8 Å². The summed E-state index contributed by atoms with van der Waals surface area (Å²) >= 11 is 0. The van der Waals surface area contributed by atoms with Crippen molar-refractivity contribution in [1.29, 1.82) is 0 Å². The maximum absolute atomic E-state index is 13.3. The zero-order valence-corrected chi connectivity index (χ0v) is 21.2. The number of benzene rings is 2. The van der Waals surface area contributed by atoms with Gasteiger partial charge in [0.05, 0.1) is 30.1 Å². The molecular formula is C28H30N6O3. The van der Waals surface area contributed by atoms with Crippen molar-refractivity contribution in [3.05, 3.63) is 83.0 Å². The number of nitrogens with zero attached hydrogens (tertiary/aromatic N) is 5. The summed E-state index contributed by atoms with van der Waals surface area (Å²) in [6.45, 7) is 3.16. The Morgan fingerprint density at radius 2 is 1.84 bits per heavy atom. The van der Waals surface area contributed by atoms with Crippen molar-refractivity contribution in [2.75, 3.05) is 30.4 Å². The number of piperidine rings is 1. The summed E-state index contributed by atoms with van der Waals surface area (Å²) in [7, 11) is 3.45. The van der Waals surface area contributed by atoms with Crippen LogP contribution in [-0.4, -0.2) is 45.4 Å². The molecule has 37 heavy (non-hydrogen) atoms. The second-order valence-corrected chi connectivity index (χ2v) is 9.20. The molecule has 1 aliphatic heterocycles. The maximum atomic E-state index is 13.3. The molecular weight excluding hydrogens is 468 g/mol. The van der Waals surface area contributed by atoms with E-state index in [4.69, 9.17) is 4.74 Å². The number of para-hydroxylation sites is 1. The number of hydrogen-bond donors (Lipinski definition) is 1. The van der Waals surface area contributed by atoms with Crippen LogP contribution < -0.4 is 20.5 Å². The van der Waals surface area contributed by atoms with Crippen LogP contribution in [0.15, 0.2) is 71.8 Å². The molecule has 0 spiro atoms. The summed E-state index contributed by atoms with van der Waals surface area (Å²) in [6, 6.07) is 19.1. The largest absolute Gasteiger partial charge is 0.497 e. The van der Waals surface area contributed by atoms with Gasteiger partial charge in [-0.25, -0.2) is 14.6 Å². The molecule has 1 saturated heterocycles. The molecule has 1 atom stereocenters. The molecule has 0 radical (unpaired) electrons. The first-order chi connectivity index (χ1) is 18.0. The topological polar surface area (TPSA) is 94.3 Å². The molecule has 4 aromatic rings. The van der Waals surface area contributed by atoms with E-state index in [2.05, 4.69) is 20.2 Å². The number of amides is 1. The third kappa shape index (κ3) is 4.84. The fourth-order valence-electron chi connectivity index (χ4n) is 4.78. The standard InChI is InChI=1S/C28H30N6O3/c1-19-26(28(36)34(32(19)2)22-9-5-4-6-10-22)31-27(35)21-8-7-15-33(17-21)25-16-24(29-18-30-25)20-11-13-23(37-3)14-12-20/h4-6,9-14,16,18,21H,7-8,15,17H2,1-3H3,(H,31,35). The zero-order valence-electron chi connectivity index (χ0n) is 21.2. The average Bonchev–Trinajstić information content (AvgIpc) is 3.16. The molecule has 1 amide bonds. The van der Waals surface area contributed by atoms with E-state index >= 15 is 0 Å². The van der Waals surface area contributed by atoms with E-state index in [0.717, 1.165) is 47.9 Å². The summed E-state index contributed by atoms with van der Waals surface area (Å²) in [4.78, 5) is 37.6. The summed E-state index contributed by atoms with van der Waals surface area (Å²) < 4.78 is 8.58. The first kappa shape index (κ1) is 24.3. The molecule has 2 aromatic carbocycles. The Morgan fingerprint density at radius 3 is 2.57 bits per heavy atom. The molecule has 9 heteroatoms. The van der Waals surface area contributed by atoms with Gasteiger partial charge in [-0.3, -0.25) is 14.3 Å². The molecule has 5 rings (SSSR count). The van der Waals surface area contributed by atoms with Crippen molar-refractivity contribution in [2.24, 2.45) is 13.0 Å². The lowest BCUT2D eigenvalue weighted by atomic mass is 9.97. The molecule has 3 heterocycles. The van der Waals surface area contributed by atoms with E-state index in [9.17, 15) is 9.59 Å². The number of hydrogen-bond acceptors (Lipinski definition) is 6. The smallest absolute Gasteiger partial charge is 0.295 e. The van der Waals surface area contributed by atoms with Gasteiger partial charge in [-0.1, -0.05) is 18.2 Å². The van der Waals surface area contributed by atoms with Gasteiger partial charge in [0, 0.05) is 31.8 Å². The number of nitrogens with one attached hydrogen (secondary N) is 1. The Balaban J connectivity index is 1.33. The fourth-order valence-corrected chi connectivity index (χ4v) is 4.78. The Kier molecular flexibility index (Phi) is 6.76. The van der Waals surface area contributed by atoms with Crippen molar-refractivity contribution in [3.8, 4) is 22.7 Å². The van der Waals surface area contributed by atoms with E-state index in [0.29, 0.717) is 17.9 Å². The molecule has 0 aliphatic carbocycles. The lowest BCUT2D eigenvalue weighted by Gasteiger charge is -2.32. The van der Waals surface area contributed by atoms with Crippen LogP contribution in [0.3, 0.4) is 0 Å². The second kappa shape index (κ2) is 10.3. The van der Waals surface area contributed by atoms with Crippen molar-refractivity contribution in [1.82, 2.24) is 19.3 Å². The Hall–Kier alpha value is -4.40. The summed E-state index contributed by atoms with van der Waals surface area (Å²) in [5.74, 6) is 1.14. The van der Waals surface area contributed by atoms with E-state index < -0.39 is 0 Å². The van der Waals surface area contributed by atoms with Crippen molar-refractivity contribution in [2.45, 2.75) is 19.8 Å². The molecule has 1 N–H and O–H groups in total. The van der Waals surface area contributed by atoms with Gasteiger partial charge in [0.25, 0.3) is 5.56 Å². The lowest BCUT2D eigenvalue weighted by molar-refractivity contribution is -0.120. The van der Waals surface area contributed by atoms with Crippen LogP contribution in [0.5, 0.6) is 5.75 Å². The minimum absolute atomic E-state index is 0.153. The minimum atomic E-state index is -0.266. The number of carbonyl (C=O) groups excluding carboxylic acids is 1. The number of rotatable bonds is 6. The Morgan fingerprint density at radius 1 is 1.08 bits per heavy atom. The molecule has 2 aromatic heterocycles. The fraction of sp³-hybridized carbons (Fsp3) is 0.286. The number of methoxy groups -OCH3 is 1. The molecule has 0 bridgehead atoms. The molecule has 190 valence electrons. The summed E-state index contributed by atoms with van der Waals surface area (Å²) in [6.07, 6.45) is 3.15. The highest BCUT2D eigenvalue weighted by Gasteiger charge is 2.29. The maximum Gasteiger partial charge on any atom is 0.295 e. The van der Waals surface area contributed by atoms with Crippen molar-refractivity contribution < 1.29 is 9.53 Å². The Labute approximate surface area is 215 Å². The highest BCUT2D eigenvalue weighted by atomic mass is 16.5. The normalized spacial score (nSPS) is 15.4. The first-order valence-electron chi connectivity index (χ1n) is 12.3. The van der Waals surface area contributed by atoms with Crippen LogP contribution in [0.4, 0.5) is 11.5 Å². The van der Waals surface area contributed by atoms with Gasteiger partial charge in [-0.15, -0.1) is 0 Å². The van der Waals surface area contributed by atoms with Crippen LogP contribution in [0.1, 0.15) is 18.5 Å². The zero-order chi connectivity index (χ0) is 25.9. The minimum Gasteiger partial charge on any atom is -0.497 e. The van der Waals surface area contributed by atoms with Gasteiger partial charge < -0.3 is 15.0 Å². The van der Waals surface area contributed by atoms with Crippen molar-refractivity contribution in [3.63, 3.8) is 0 Å². The van der Waals surface area contributed by atoms with E-state index in [1.54, 1.807) is 22.8 Å². The number of carbonyl (C=O) groups is 1. The highest BCUT2D eigenvalue weighted by Crippen LogP contribution is 2.27. The second-order valence-electron chi connectivity index (χ2n) is 9.20. The first-order valence-corrected chi connectivity index (χ1v) is 12.3. The summed E-state index contributed by atoms with van der Waals surface area (Å²) in [5, 5.41) is 2.93. The Bertz CT molecular complexity index is 1460. The lowest BCUT2D eigenvalue weighted by Crippen LogP contribution is -2.41. The number of anilines is 2. The average molecular weight is 499 g/mol. The third-order valence-corrected chi connectivity index (χ3v) is 6.96. The van der Waals surface area contributed by atoms with Gasteiger partial charge in [-0.05, 0) is 56.2 Å². The van der Waals surface area contributed by atoms with Gasteiger partial charge in [0.2, 0.25) is 5.91 Å². The van der Waals surface area contributed by atoms with Crippen LogP contribution in [0, 0.1) is 12.8 Å². The third-order valence-electron chi connectivity index (χ3n) is 6.96. The van der Waals surface area contributed by atoms with E-state index in [1.165, 1.54) is 0 Å². The highest BCUT2D eigenvalue weighted by molar-refractivity contribution is 5.93. The van der Waals surface area contributed by atoms with Gasteiger partial charge in [0.1, 0.15) is 23.6 Å². The molecule has 0 saturated carbocycles. The predicted octanol–water partition coefficient (Wildman–Crippen LogP) is 3.81. The van der Waals surface area contributed by atoms with E-state index in [1.807, 2.05) is 74.6 Å².